The van der Waals surface area contributed by atoms with Crippen LogP contribution in [0.3, 0.4) is 0 Å². The number of hydrogen-bond donors (Lipinski definition) is 1. The predicted molar refractivity (Wildman–Crippen MR) is 79.0 cm³/mol. The van der Waals surface area contributed by atoms with Crippen LogP contribution in [0.25, 0.3) is 0 Å². The van der Waals surface area contributed by atoms with Gasteiger partial charge in [0.2, 0.25) is 0 Å². The zero-order valence-electron chi connectivity index (χ0n) is 11.3. The molecule has 0 aromatic carbocycles. The van der Waals surface area contributed by atoms with E-state index in [2.05, 4.69) is 27.1 Å². The molecule has 0 aliphatic carbocycles. The Kier molecular flexibility index (Phi) is 3.75. The van der Waals surface area contributed by atoms with Crippen LogP contribution in [0.1, 0.15) is 27.9 Å². The minimum Gasteiger partial charge on any atom is -0.298 e. The number of thiazole rings is 1. The lowest BCUT2D eigenvalue weighted by atomic mass is 10.2. The molecule has 0 fully saturated rings. The third kappa shape index (κ3) is 2.71. The Morgan fingerprint density at radius 1 is 1.55 bits per heavy atom. The van der Waals surface area contributed by atoms with Gasteiger partial charge in [0.25, 0.3) is 5.91 Å². The van der Waals surface area contributed by atoms with Gasteiger partial charge in [-0.1, -0.05) is 6.92 Å². The number of anilines is 1. The van der Waals surface area contributed by atoms with Crippen molar-refractivity contribution in [2.75, 3.05) is 18.4 Å². The average Bonchev–Trinajstić information content (AvgIpc) is 2.89. The number of amides is 1. The summed E-state index contributed by atoms with van der Waals surface area (Å²) in [6.45, 7) is 5.20. The van der Waals surface area contributed by atoms with E-state index in [1.165, 1.54) is 4.88 Å². The summed E-state index contributed by atoms with van der Waals surface area (Å²) in [5.74, 6) is -0.156. The smallest absolute Gasteiger partial charge is 0.259 e. The molecule has 0 spiro atoms. The molecule has 0 saturated carbocycles. The van der Waals surface area contributed by atoms with Crippen molar-refractivity contribution in [2.24, 2.45) is 0 Å². The van der Waals surface area contributed by atoms with E-state index in [1.54, 1.807) is 35.9 Å². The number of pyridine rings is 1. The molecule has 0 atom stereocenters. The van der Waals surface area contributed by atoms with E-state index in [1.807, 2.05) is 0 Å². The Hall–Kier alpha value is -1.79. The fourth-order valence-electron chi connectivity index (χ4n) is 2.24. The molecule has 5 nitrogen and oxygen atoms in total. The maximum absolute atomic E-state index is 12.1. The molecule has 1 aliphatic heterocycles. The SMILES string of the molecule is CCN1CCc2nc(NC(=O)c3cccnc3)sc2C1. The highest BCUT2D eigenvalue weighted by molar-refractivity contribution is 7.15. The maximum Gasteiger partial charge on any atom is 0.259 e. The monoisotopic (exact) mass is 288 g/mol. The number of hydrogen-bond acceptors (Lipinski definition) is 5. The van der Waals surface area contributed by atoms with E-state index in [-0.39, 0.29) is 5.91 Å². The fraction of sp³-hybridized carbons (Fsp3) is 0.357. The molecule has 1 N–H and O–H groups in total. The first-order valence-corrected chi connectivity index (χ1v) is 7.50. The summed E-state index contributed by atoms with van der Waals surface area (Å²) in [5.41, 5.74) is 1.68. The average molecular weight is 288 g/mol. The summed E-state index contributed by atoms with van der Waals surface area (Å²) in [6, 6.07) is 3.50. The Morgan fingerprint density at radius 2 is 2.45 bits per heavy atom. The van der Waals surface area contributed by atoms with Crippen LogP contribution in [0, 0.1) is 0 Å². The van der Waals surface area contributed by atoms with E-state index < -0.39 is 0 Å². The first-order valence-electron chi connectivity index (χ1n) is 6.68. The van der Waals surface area contributed by atoms with Crippen molar-refractivity contribution >= 4 is 22.4 Å². The highest BCUT2D eigenvalue weighted by Gasteiger charge is 2.20. The van der Waals surface area contributed by atoms with Gasteiger partial charge >= 0.3 is 0 Å². The Labute approximate surface area is 121 Å². The van der Waals surface area contributed by atoms with Gasteiger partial charge in [0, 0.05) is 36.8 Å². The summed E-state index contributed by atoms with van der Waals surface area (Å²) in [7, 11) is 0. The van der Waals surface area contributed by atoms with Crippen molar-refractivity contribution in [3.63, 3.8) is 0 Å². The molecule has 3 heterocycles. The zero-order valence-corrected chi connectivity index (χ0v) is 12.1. The number of nitrogens with zero attached hydrogens (tertiary/aromatic N) is 3. The normalized spacial score (nSPS) is 14.8. The predicted octanol–water partition coefficient (Wildman–Crippen LogP) is 2.17. The van der Waals surface area contributed by atoms with Crippen LogP contribution in [0.15, 0.2) is 24.5 Å². The van der Waals surface area contributed by atoms with E-state index in [9.17, 15) is 4.79 Å². The maximum atomic E-state index is 12.1. The van der Waals surface area contributed by atoms with Gasteiger partial charge in [0.05, 0.1) is 11.3 Å². The first kappa shape index (κ1) is 13.2. The van der Waals surface area contributed by atoms with Crippen LogP contribution in [0.5, 0.6) is 0 Å². The standard InChI is InChI=1S/C14H16N4OS/c1-2-18-7-5-11-12(9-18)20-14(16-11)17-13(19)10-4-3-6-15-8-10/h3-4,6,8H,2,5,7,9H2,1H3,(H,16,17,19). The van der Waals surface area contributed by atoms with Crippen LogP contribution in [-0.4, -0.2) is 33.9 Å². The highest BCUT2D eigenvalue weighted by Crippen LogP contribution is 2.28. The number of fused-ring (bicyclic) bond motifs is 1. The largest absolute Gasteiger partial charge is 0.298 e. The molecule has 1 amide bonds. The van der Waals surface area contributed by atoms with Gasteiger partial charge in [-0.25, -0.2) is 4.98 Å². The van der Waals surface area contributed by atoms with Gasteiger partial charge in [-0.15, -0.1) is 11.3 Å². The van der Waals surface area contributed by atoms with Crippen LogP contribution in [0.4, 0.5) is 5.13 Å². The van der Waals surface area contributed by atoms with Crippen LogP contribution < -0.4 is 5.32 Å². The van der Waals surface area contributed by atoms with Gasteiger partial charge in [-0.3, -0.25) is 20.0 Å². The Balaban J connectivity index is 1.73. The molecule has 1 aliphatic rings. The van der Waals surface area contributed by atoms with Crippen molar-refractivity contribution < 1.29 is 4.79 Å². The van der Waals surface area contributed by atoms with Crippen molar-refractivity contribution in [1.82, 2.24) is 14.9 Å². The molecular weight excluding hydrogens is 272 g/mol. The number of aromatic nitrogens is 2. The lowest BCUT2D eigenvalue weighted by Crippen LogP contribution is -2.29. The van der Waals surface area contributed by atoms with Crippen molar-refractivity contribution in [1.29, 1.82) is 0 Å². The van der Waals surface area contributed by atoms with Crippen LogP contribution >= 0.6 is 11.3 Å². The van der Waals surface area contributed by atoms with Gasteiger partial charge < -0.3 is 0 Å². The molecule has 104 valence electrons. The quantitative estimate of drug-likeness (QED) is 0.940. The molecule has 6 heteroatoms. The van der Waals surface area contributed by atoms with Crippen molar-refractivity contribution in [3.05, 3.63) is 40.7 Å². The van der Waals surface area contributed by atoms with E-state index in [4.69, 9.17) is 0 Å². The van der Waals surface area contributed by atoms with Gasteiger partial charge in [-0.2, -0.15) is 0 Å². The van der Waals surface area contributed by atoms with Gasteiger partial charge in [0.1, 0.15) is 0 Å². The molecule has 0 unspecified atom stereocenters. The summed E-state index contributed by atoms with van der Waals surface area (Å²) in [6.07, 6.45) is 4.17. The third-order valence-corrected chi connectivity index (χ3v) is 4.40. The van der Waals surface area contributed by atoms with Gasteiger partial charge in [-0.05, 0) is 18.7 Å². The Morgan fingerprint density at radius 3 is 3.20 bits per heavy atom. The third-order valence-electron chi connectivity index (χ3n) is 3.40. The second kappa shape index (κ2) is 5.68. The number of nitrogens with one attached hydrogen (secondary N) is 1. The minimum atomic E-state index is -0.156. The van der Waals surface area contributed by atoms with Crippen molar-refractivity contribution in [3.8, 4) is 0 Å². The molecule has 0 bridgehead atoms. The zero-order chi connectivity index (χ0) is 13.9. The summed E-state index contributed by atoms with van der Waals surface area (Å²) in [5, 5.41) is 3.54. The van der Waals surface area contributed by atoms with Crippen LogP contribution in [-0.2, 0) is 13.0 Å². The number of carbonyl (C=O) groups excluding carboxylic acids is 1. The van der Waals surface area contributed by atoms with E-state index in [0.717, 1.165) is 31.7 Å². The molecule has 20 heavy (non-hydrogen) atoms. The van der Waals surface area contributed by atoms with E-state index in [0.29, 0.717) is 10.7 Å². The molecule has 0 radical (unpaired) electrons. The summed E-state index contributed by atoms with van der Waals surface area (Å²) in [4.78, 5) is 24.2. The number of likely N-dealkylation sites (N-methyl/N-ethyl adjacent to an activating group) is 1. The lowest BCUT2D eigenvalue weighted by Gasteiger charge is -2.23. The number of carbonyl (C=O) groups is 1. The van der Waals surface area contributed by atoms with Crippen molar-refractivity contribution in [2.45, 2.75) is 19.9 Å². The van der Waals surface area contributed by atoms with Gasteiger partial charge in [0.15, 0.2) is 5.13 Å². The molecule has 3 rings (SSSR count). The second-order valence-corrected chi connectivity index (χ2v) is 5.79. The first-order chi connectivity index (χ1) is 9.76. The topological polar surface area (TPSA) is 58.1 Å². The minimum absolute atomic E-state index is 0.156. The summed E-state index contributed by atoms with van der Waals surface area (Å²) >= 11 is 1.57. The lowest BCUT2D eigenvalue weighted by molar-refractivity contribution is 0.102. The molecule has 2 aromatic heterocycles. The van der Waals surface area contributed by atoms with Crippen LogP contribution in [0.2, 0.25) is 0 Å². The fourth-order valence-corrected chi connectivity index (χ4v) is 3.28. The highest BCUT2D eigenvalue weighted by atomic mass is 32.1. The second-order valence-electron chi connectivity index (χ2n) is 4.70. The molecule has 0 saturated heterocycles. The van der Waals surface area contributed by atoms with E-state index >= 15 is 0 Å². The molecular formula is C14H16N4OS. The number of rotatable bonds is 3. The summed E-state index contributed by atoms with van der Waals surface area (Å²) < 4.78 is 0. The molecule has 2 aromatic rings. The Bertz CT molecular complexity index is 611.